The van der Waals surface area contributed by atoms with Crippen molar-refractivity contribution < 1.29 is 9.53 Å². The highest BCUT2D eigenvalue weighted by Gasteiger charge is 2.29. The van der Waals surface area contributed by atoms with Gasteiger partial charge in [-0.1, -0.05) is 6.92 Å². The highest BCUT2D eigenvalue weighted by Crippen LogP contribution is 2.22. The molecule has 0 aromatic rings. The molecule has 1 rings (SSSR count). The van der Waals surface area contributed by atoms with Crippen molar-refractivity contribution in [2.75, 3.05) is 0 Å². The minimum Gasteiger partial charge on any atom is -0.462 e. The van der Waals surface area contributed by atoms with Gasteiger partial charge in [-0.05, 0) is 19.8 Å². The fourth-order valence-electron chi connectivity index (χ4n) is 1.17. The summed E-state index contributed by atoms with van der Waals surface area (Å²) in [4.78, 5) is 10.8. The Kier molecular flexibility index (Phi) is 1.74. The lowest BCUT2D eigenvalue weighted by Gasteiger charge is -1.95. The second-order valence-electron chi connectivity index (χ2n) is 2.59. The smallest absolute Gasteiger partial charge is 0.309 e. The molecule has 9 heavy (non-hydrogen) atoms. The van der Waals surface area contributed by atoms with Crippen molar-refractivity contribution in [3.05, 3.63) is 0 Å². The van der Waals surface area contributed by atoms with Crippen LogP contribution >= 0.6 is 0 Å². The predicted octanol–water partition coefficient (Wildman–Crippen LogP) is 1.35. The van der Waals surface area contributed by atoms with E-state index >= 15 is 0 Å². The summed E-state index contributed by atoms with van der Waals surface area (Å²) in [5.41, 5.74) is 0. The summed E-state index contributed by atoms with van der Waals surface area (Å²) in [5, 5.41) is 0. The summed E-state index contributed by atoms with van der Waals surface area (Å²) < 4.78 is 4.93. The Bertz CT molecular complexity index is 120. The van der Waals surface area contributed by atoms with E-state index in [9.17, 15) is 4.79 Å². The summed E-state index contributed by atoms with van der Waals surface area (Å²) in [6.07, 6.45) is 1.99. The molecule has 0 bridgehead atoms. The van der Waals surface area contributed by atoms with Crippen LogP contribution in [0.2, 0.25) is 0 Å². The van der Waals surface area contributed by atoms with E-state index in [1.807, 2.05) is 13.8 Å². The predicted molar refractivity (Wildman–Crippen MR) is 34.0 cm³/mol. The van der Waals surface area contributed by atoms with Crippen LogP contribution in [0.1, 0.15) is 26.7 Å². The fourth-order valence-corrected chi connectivity index (χ4v) is 1.17. The number of hydrogen-bond donors (Lipinski definition) is 0. The molecule has 1 heterocycles. The number of rotatable bonds is 1. The van der Waals surface area contributed by atoms with Crippen LogP contribution in [-0.4, -0.2) is 12.1 Å². The summed E-state index contributed by atoms with van der Waals surface area (Å²) >= 11 is 0. The first kappa shape index (κ1) is 6.59. The van der Waals surface area contributed by atoms with E-state index in [1.54, 1.807) is 0 Å². The van der Waals surface area contributed by atoms with E-state index in [2.05, 4.69) is 0 Å². The van der Waals surface area contributed by atoms with Crippen molar-refractivity contribution in [1.29, 1.82) is 0 Å². The van der Waals surface area contributed by atoms with E-state index in [-0.39, 0.29) is 18.0 Å². The quantitative estimate of drug-likeness (QED) is 0.498. The molecule has 0 spiro atoms. The zero-order valence-corrected chi connectivity index (χ0v) is 5.89. The van der Waals surface area contributed by atoms with Crippen molar-refractivity contribution in [3.8, 4) is 0 Å². The number of cyclic esters (lactones) is 1. The standard InChI is InChI=1S/C7H12O2/c1-3-6-4-5(2)9-7(6)8/h5-6H,3-4H2,1-2H3/t5-,6-/m0/s1. The van der Waals surface area contributed by atoms with Crippen molar-refractivity contribution in [2.24, 2.45) is 5.92 Å². The van der Waals surface area contributed by atoms with Gasteiger partial charge in [-0.25, -0.2) is 0 Å². The summed E-state index contributed by atoms with van der Waals surface area (Å²) in [5.74, 6) is 0.171. The number of carbonyl (C=O) groups excluding carboxylic acids is 1. The molecule has 0 N–H and O–H groups in total. The normalized spacial score (nSPS) is 34.7. The molecule has 0 radical (unpaired) electrons. The van der Waals surface area contributed by atoms with Crippen LogP contribution < -0.4 is 0 Å². The Labute approximate surface area is 55.2 Å². The van der Waals surface area contributed by atoms with Gasteiger partial charge in [0.2, 0.25) is 0 Å². The molecule has 0 aromatic carbocycles. The van der Waals surface area contributed by atoms with E-state index in [0.717, 1.165) is 12.8 Å². The molecule has 2 heteroatoms. The third-order valence-corrected chi connectivity index (χ3v) is 1.76. The molecule has 0 aliphatic carbocycles. The minimum atomic E-state index is -0.00926. The molecule has 52 valence electrons. The summed E-state index contributed by atoms with van der Waals surface area (Å²) in [6, 6.07) is 0. The number of ether oxygens (including phenoxy) is 1. The summed E-state index contributed by atoms with van der Waals surface area (Å²) in [6.45, 7) is 3.96. The van der Waals surface area contributed by atoms with E-state index in [1.165, 1.54) is 0 Å². The first-order valence-electron chi connectivity index (χ1n) is 3.44. The van der Waals surface area contributed by atoms with E-state index in [0.29, 0.717) is 0 Å². The molecule has 0 saturated carbocycles. The zero-order valence-electron chi connectivity index (χ0n) is 5.89. The Morgan fingerprint density at radius 1 is 1.78 bits per heavy atom. The molecule has 0 unspecified atom stereocenters. The minimum absolute atomic E-state index is 0.00926. The average molecular weight is 128 g/mol. The largest absolute Gasteiger partial charge is 0.462 e. The lowest BCUT2D eigenvalue weighted by atomic mass is 10.0. The maximum absolute atomic E-state index is 10.8. The average Bonchev–Trinajstić information content (AvgIpc) is 2.10. The van der Waals surface area contributed by atoms with Crippen LogP contribution in [0.25, 0.3) is 0 Å². The van der Waals surface area contributed by atoms with Gasteiger partial charge in [0.25, 0.3) is 0 Å². The molecule has 1 aliphatic rings. The Morgan fingerprint density at radius 2 is 2.44 bits per heavy atom. The maximum atomic E-state index is 10.8. The first-order chi connectivity index (χ1) is 4.24. The molecular formula is C7H12O2. The van der Waals surface area contributed by atoms with Crippen molar-refractivity contribution >= 4 is 5.97 Å². The monoisotopic (exact) mass is 128 g/mol. The molecular weight excluding hydrogens is 116 g/mol. The van der Waals surface area contributed by atoms with Crippen LogP contribution in [0.5, 0.6) is 0 Å². The number of esters is 1. The molecule has 1 fully saturated rings. The highest BCUT2D eigenvalue weighted by molar-refractivity contribution is 5.74. The SMILES string of the molecule is CC[C@H]1C[C@H](C)OC1=O. The number of carbonyl (C=O) groups is 1. The van der Waals surface area contributed by atoms with Crippen LogP contribution in [-0.2, 0) is 9.53 Å². The van der Waals surface area contributed by atoms with Gasteiger partial charge < -0.3 is 4.74 Å². The molecule has 1 aliphatic heterocycles. The van der Waals surface area contributed by atoms with Crippen molar-refractivity contribution in [2.45, 2.75) is 32.8 Å². The molecule has 2 nitrogen and oxygen atoms in total. The van der Waals surface area contributed by atoms with Crippen LogP contribution in [0.3, 0.4) is 0 Å². The van der Waals surface area contributed by atoms with E-state index in [4.69, 9.17) is 4.74 Å². The highest BCUT2D eigenvalue weighted by atomic mass is 16.5. The van der Waals surface area contributed by atoms with Crippen molar-refractivity contribution in [3.63, 3.8) is 0 Å². The summed E-state index contributed by atoms with van der Waals surface area (Å²) in [7, 11) is 0. The fraction of sp³-hybridized carbons (Fsp3) is 0.857. The molecule has 0 amide bonds. The zero-order chi connectivity index (χ0) is 6.85. The number of hydrogen-bond acceptors (Lipinski definition) is 2. The molecule has 2 atom stereocenters. The van der Waals surface area contributed by atoms with Gasteiger partial charge in [-0.3, -0.25) is 4.79 Å². The third kappa shape index (κ3) is 1.23. The van der Waals surface area contributed by atoms with Gasteiger partial charge in [-0.2, -0.15) is 0 Å². The van der Waals surface area contributed by atoms with E-state index < -0.39 is 0 Å². The second-order valence-corrected chi connectivity index (χ2v) is 2.59. The lowest BCUT2D eigenvalue weighted by molar-refractivity contribution is -0.143. The van der Waals surface area contributed by atoms with Gasteiger partial charge in [0.1, 0.15) is 0 Å². The van der Waals surface area contributed by atoms with Gasteiger partial charge >= 0.3 is 5.97 Å². The Morgan fingerprint density at radius 3 is 2.67 bits per heavy atom. The van der Waals surface area contributed by atoms with Gasteiger partial charge in [-0.15, -0.1) is 0 Å². The van der Waals surface area contributed by atoms with Gasteiger partial charge in [0, 0.05) is 0 Å². The van der Waals surface area contributed by atoms with Gasteiger partial charge in [0.05, 0.1) is 12.0 Å². The first-order valence-corrected chi connectivity index (χ1v) is 3.44. The van der Waals surface area contributed by atoms with Crippen LogP contribution in [0, 0.1) is 5.92 Å². The topological polar surface area (TPSA) is 26.3 Å². The van der Waals surface area contributed by atoms with Crippen LogP contribution in [0.4, 0.5) is 0 Å². The van der Waals surface area contributed by atoms with Gasteiger partial charge in [0.15, 0.2) is 0 Å². The third-order valence-electron chi connectivity index (χ3n) is 1.76. The lowest BCUT2D eigenvalue weighted by Crippen LogP contribution is -2.05. The molecule has 1 saturated heterocycles. The second kappa shape index (κ2) is 2.38. The van der Waals surface area contributed by atoms with Crippen LogP contribution in [0.15, 0.2) is 0 Å². The maximum Gasteiger partial charge on any atom is 0.309 e. The Balaban J connectivity index is 2.48. The van der Waals surface area contributed by atoms with Crippen molar-refractivity contribution in [1.82, 2.24) is 0 Å². The Hall–Kier alpha value is -0.530. The molecule has 0 aromatic heterocycles.